The van der Waals surface area contributed by atoms with Gasteiger partial charge in [0, 0.05) is 17.3 Å². The quantitative estimate of drug-likeness (QED) is 0.863. The van der Waals surface area contributed by atoms with Gasteiger partial charge in [0.1, 0.15) is 17.4 Å². The van der Waals surface area contributed by atoms with E-state index >= 15 is 0 Å². The molecule has 0 amide bonds. The van der Waals surface area contributed by atoms with Crippen LogP contribution in [-0.2, 0) is 0 Å². The summed E-state index contributed by atoms with van der Waals surface area (Å²) in [5.41, 5.74) is 1.10. The molecule has 2 aromatic rings. The Labute approximate surface area is 118 Å². The first-order chi connectivity index (χ1) is 8.97. The van der Waals surface area contributed by atoms with Gasteiger partial charge in [-0.15, -0.1) is 0 Å². The van der Waals surface area contributed by atoms with Crippen LogP contribution in [0.4, 0.5) is 14.5 Å². The van der Waals surface area contributed by atoms with E-state index in [4.69, 9.17) is 5.11 Å². The average Bonchev–Trinajstić information content (AvgIpc) is 2.33. The molecule has 0 saturated carbocycles. The lowest BCUT2D eigenvalue weighted by atomic mass is 10.1. The molecule has 2 N–H and O–H groups in total. The smallest absolute Gasteiger partial charge is 0.137 e. The lowest BCUT2D eigenvalue weighted by molar-refractivity contribution is 0.467. The van der Waals surface area contributed by atoms with E-state index in [0.29, 0.717) is 15.7 Å². The number of nitrogens with one attached hydrogen (secondary N) is 1. The highest BCUT2D eigenvalue weighted by molar-refractivity contribution is 9.10. The molecule has 0 spiro atoms. The van der Waals surface area contributed by atoms with Gasteiger partial charge in [-0.05, 0) is 47.1 Å². The number of aromatic hydroxyl groups is 1. The van der Waals surface area contributed by atoms with E-state index in [9.17, 15) is 8.78 Å². The molecule has 0 bridgehead atoms. The Balaban J connectivity index is 2.20. The minimum absolute atomic E-state index is 0.113. The molecule has 0 saturated heterocycles. The largest absolute Gasteiger partial charge is 0.508 e. The van der Waals surface area contributed by atoms with Gasteiger partial charge in [-0.1, -0.05) is 6.07 Å². The number of halogens is 3. The highest BCUT2D eigenvalue weighted by Crippen LogP contribution is 2.26. The maximum absolute atomic E-state index is 13.7. The number of rotatable bonds is 3. The first kappa shape index (κ1) is 13.8. The monoisotopic (exact) mass is 327 g/mol. The minimum atomic E-state index is -0.485. The summed E-state index contributed by atoms with van der Waals surface area (Å²) >= 11 is 3.09. The van der Waals surface area contributed by atoms with Gasteiger partial charge < -0.3 is 10.4 Å². The summed E-state index contributed by atoms with van der Waals surface area (Å²) in [5.74, 6) is -0.951. The van der Waals surface area contributed by atoms with Crippen LogP contribution in [0.3, 0.4) is 0 Å². The van der Waals surface area contributed by atoms with Crippen LogP contribution in [0.25, 0.3) is 0 Å². The third kappa shape index (κ3) is 3.23. The zero-order valence-corrected chi connectivity index (χ0v) is 11.7. The fourth-order valence-electron chi connectivity index (χ4n) is 1.78. The molecule has 0 aliphatic rings. The van der Waals surface area contributed by atoms with E-state index in [0.717, 1.165) is 6.07 Å². The van der Waals surface area contributed by atoms with Crippen molar-refractivity contribution in [3.8, 4) is 5.75 Å². The van der Waals surface area contributed by atoms with Crippen LogP contribution in [0, 0.1) is 11.6 Å². The second-order valence-electron chi connectivity index (χ2n) is 4.20. The van der Waals surface area contributed by atoms with Crippen LogP contribution in [0.5, 0.6) is 5.75 Å². The van der Waals surface area contributed by atoms with Gasteiger partial charge in [-0.3, -0.25) is 0 Å². The minimum Gasteiger partial charge on any atom is -0.508 e. The van der Waals surface area contributed by atoms with E-state index < -0.39 is 5.82 Å². The first-order valence-electron chi connectivity index (χ1n) is 5.67. The lowest BCUT2D eigenvalue weighted by Gasteiger charge is -2.17. The number of phenols is 1. The molecule has 5 heteroatoms. The van der Waals surface area contributed by atoms with Crippen molar-refractivity contribution in [3.63, 3.8) is 0 Å². The van der Waals surface area contributed by atoms with Gasteiger partial charge in [0.15, 0.2) is 0 Å². The van der Waals surface area contributed by atoms with Crippen molar-refractivity contribution in [2.45, 2.75) is 13.0 Å². The number of benzene rings is 2. The van der Waals surface area contributed by atoms with Crippen molar-refractivity contribution in [1.82, 2.24) is 0 Å². The molecular formula is C14H12BrF2NO. The molecule has 19 heavy (non-hydrogen) atoms. The number of hydrogen-bond acceptors (Lipinski definition) is 2. The third-order valence-corrected chi connectivity index (χ3v) is 3.36. The maximum atomic E-state index is 13.7. The van der Waals surface area contributed by atoms with Crippen LogP contribution in [0.1, 0.15) is 18.5 Å². The molecule has 0 fully saturated rings. The topological polar surface area (TPSA) is 32.3 Å². The van der Waals surface area contributed by atoms with Crippen LogP contribution < -0.4 is 5.32 Å². The molecule has 0 heterocycles. The van der Waals surface area contributed by atoms with E-state index in [1.54, 1.807) is 19.1 Å². The fourth-order valence-corrected chi connectivity index (χ4v) is 2.16. The highest BCUT2D eigenvalue weighted by atomic mass is 79.9. The van der Waals surface area contributed by atoms with Gasteiger partial charge in [0.25, 0.3) is 0 Å². The molecule has 0 radical (unpaired) electrons. The summed E-state index contributed by atoms with van der Waals surface area (Å²) in [6.45, 7) is 1.78. The van der Waals surface area contributed by atoms with Crippen LogP contribution in [0.15, 0.2) is 40.9 Å². The Morgan fingerprint density at radius 1 is 1.11 bits per heavy atom. The predicted molar refractivity (Wildman–Crippen MR) is 74.2 cm³/mol. The molecule has 1 unspecified atom stereocenters. The Hall–Kier alpha value is -1.62. The normalized spacial score (nSPS) is 12.2. The summed E-state index contributed by atoms with van der Waals surface area (Å²) in [5, 5.41) is 12.2. The predicted octanol–water partition coefficient (Wildman–Crippen LogP) is 4.61. The van der Waals surface area contributed by atoms with Crippen molar-refractivity contribution in [2.24, 2.45) is 0 Å². The molecule has 100 valence electrons. The Kier molecular flexibility index (Phi) is 4.04. The second-order valence-corrected chi connectivity index (χ2v) is 5.06. The zero-order valence-electron chi connectivity index (χ0n) is 10.1. The first-order valence-corrected chi connectivity index (χ1v) is 6.46. The Morgan fingerprint density at radius 3 is 2.47 bits per heavy atom. The molecule has 0 aromatic heterocycles. The van der Waals surface area contributed by atoms with Crippen LogP contribution in [-0.4, -0.2) is 5.11 Å². The SMILES string of the molecule is CC(Nc1ccc(F)c(Br)c1)c1ccc(O)cc1F. The van der Waals surface area contributed by atoms with Crippen molar-refractivity contribution < 1.29 is 13.9 Å². The third-order valence-electron chi connectivity index (χ3n) is 2.75. The van der Waals surface area contributed by atoms with Gasteiger partial charge >= 0.3 is 0 Å². The molecule has 2 rings (SSSR count). The Morgan fingerprint density at radius 2 is 1.84 bits per heavy atom. The van der Waals surface area contributed by atoms with E-state index in [-0.39, 0.29) is 17.6 Å². The van der Waals surface area contributed by atoms with E-state index in [1.807, 2.05) is 0 Å². The molecule has 0 aliphatic carbocycles. The number of phenolic OH excluding ortho intramolecular Hbond substituents is 1. The Bertz CT molecular complexity index is 604. The van der Waals surface area contributed by atoms with Gasteiger partial charge in [0.2, 0.25) is 0 Å². The molecule has 1 atom stereocenters. The molecular weight excluding hydrogens is 316 g/mol. The summed E-state index contributed by atoms with van der Waals surface area (Å²) < 4.78 is 27.1. The maximum Gasteiger partial charge on any atom is 0.137 e. The molecule has 2 aromatic carbocycles. The van der Waals surface area contributed by atoms with Gasteiger partial charge in [0.05, 0.1) is 10.5 Å². The van der Waals surface area contributed by atoms with Gasteiger partial charge in [-0.25, -0.2) is 8.78 Å². The number of hydrogen-bond donors (Lipinski definition) is 2. The standard InChI is InChI=1S/C14H12BrF2NO/c1-8(11-4-3-10(19)7-14(11)17)18-9-2-5-13(16)12(15)6-9/h2-8,18-19H,1H3. The summed E-state index contributed by atoms with van der Waals surface area (Å²) in [6.07, 6.45) is 0. The molecule has 0 aliphatic heterocycles. The van der Waals surface area contributed by atoms with Crippen molar-refractivity contribution in [2.75, 3.05) is 5.32 Å². The van der Waals surface area contributed by atoms with E-state index in [2.05, 4.69) is 21.2 Å². The van der Waals surface area contributed by atoms with Gasteiger partial charge in [-0.2, -0.15) is 0 Å². The van der Waals surface area contributed by atoms with Crippen molar-refractivity contribution >= 4 is 21.6 Å². The zero-order chi connectivity index (χ0) is 14.0. The van der Waals surface area contributed by atoms with Crippen molar-refractivity contribution in [3.05, 3.63) is 58.1 Å². The fraction of sp³-hybridized carbons (Fsp3) is 0.143. The lowest BCUT2D eigenvalue weighted by Crippen LogP contribution is -2.08. The van der Waals surface area contributed by atoms with Crippen LogP contribution >= 0.6 is 15.9 Å². The molecule has 2 nitrogen and oxygen atoms in total. The average molecular weight is 328 g/mol. The number of anilines is 1. The van der Waals surface area contributed by atoms with Crippen molar-refractivity contribution in [1.29, 1.82) is 0 Å². The van der Waals surface area contributed by atoms with E-state index in [1.165, 1.54) is 18.2 Å². The highest BCUT2D eigenvalue weighted by Gasteiger charge is 2.12. The summed E-state index contributed by atoms with van der Waals surface area (Å²) in [7, 11) is 0. The second kappa shape index (κ2) is 5.57. The summed E-state index contributed by atoms with van der Waals surface area (Å²) in [6, 6.07) is 8.19. The summed E-state index contributed by atoms with van der Waals surface area (Å²) in [4.78, 5) is 0. The van der Waals surface area contributed by atoms with Crippen LogP contribution in [0.2, 0.25) is 0 Å².